The standard InChI is InChI=1S/C17H16N2O6/c1-10-3-6-14(15(7-10)19(23)24)18-16(20)11-4-5-13(17(21)22)12(8-11)9-25-2/h3-8H,9H2,1-2H3,(H,18,20)(H,21,22). The van der Waals surface area contributed by atoms with Gasteiger partial charge < -0.3 is 15.2 Å². The molecule has 2 aromatic rings. The number of aromatic carboxylic acids is 1. The number of carbonyl (C=O) groups is 2. The van der Waals surface area contributed by atoms with Crippen molar-refractivity contribution < 1.29 is 24.4 Å². The minimum atomic E-state index is -1.13. The van der Waals surface area contributed by atoms with Gasteiger partial charge in [-0.25, -0.2) is 4.79 Å². The van der Waals surface area contributed by atoms with Crippen molar-refractivity contribution in [2.24, 2.45) is 0 Å². The number of methoxy groups -OCH3 is 1. The average molecular weight is 344 g/mol. The molecule has 0 saturated carbocycles. The summed E-state index contributed by atoms with van der Waals surface area (Å²) in [5.41, 5.74) is 1.08. The van der Waals surface area contributed by atoms with Crippen LogP contribution in [-0.2, 0) is 11.3 Å². The summed E-state index contributed by atoms with van der Waals surface area (Å²) in [6, 6.07) is 8.49. The lowest BCUT2D eigenvalue weighted by Gasteiger charge is -2.10. The van der Waals surface area contributed by atoms with Crippen LogP contribution in [0.4, 0.5) is 11.4 Å². The van der Waals surface area contributed by atoms with E-state index in [4.69, 9.17) is 9.84 Å². The third-order valence-corrected chi connectivity index (χ3v) is 3.50. The smallest absolute Gasteiger partial charge is 0.336 e. The highest BCUT2D eigenvalue weighted by atomic mass is 16.6. The zero-order chi connectivity index (χ0) is 18.6. The third kappa shape index (κ3) is 4.18. The molecule has 8 heteroatoms. The van der Waals surface area contributed by atoms with Crippen LogP contribution in [0.3, 0.4) is 0 Å². The molecule has 2 aromatic carbocycles. The summed E-state index contributed by atoms with van der Waals surface area (Å²) >= 11 is 0. The van der Waals surface area contributed by atoms with E-state index in [9.17, 15) is 19.7 Å². The first-order valence-electron chi connectivity index (χ1n) is 7.25. The quantitative estimate of drug-likeness (QED) is 0.614. The van der Waals surface area contributed by atoms with Gasteiger partial charge in [-0.1, -0.05) is 6.07 Å². The summed E-state index contributed by atoms with van der Waals surface area (Å²) in [6.07, 6.45) is 0. The predicted octanol–water partition coefficient (Wildman–Crippen LogP) is 3.00. The molecular weight excluding hydrogens is 328 g/mol. The first kappa shape index (κ1) is 18.1. The Hall–Kier alpha value is -3.26. The fraction of sp³-hybridized carbons (Fsp3) is 0.176. The number of aryl methyl sites for hydroxylation is 1. The monoisotopic (exact) mass is 344 g/mol. The number of rotatable bonds is 6. The number of amides is 1. The Morgan fingerprint density at radius 1 is 1.24 bits per heavy atom. The van der Waals surface area contributed by atoms with E-state index in [1.807, 2.05) is 0 Å². The molecule has 0 saturated heterocycles. The highest BCUT2D eigenvalue weighted by Crippen LogP contribution is 2.26. The molecule has 0 aliphatic rings. The Balaban J connectivity index is 2.34. The maximum atomic E-state index is 12.4. The molecule has 0 bridgehead atoms. The summed E-state index contributed by atoms with van der Waals surface area (Å²) in [7, 11) is 1.41. The lowest BCUT2D eigenvalue weighted by molar-refractivity contribution is -0.384. The molecule has 0 radical (unpaired) electrons. The first-order chi connectivity index (χ1) is 11.8. The number of nitro groups is 1. The Kier molecular flexibility index (Phi) is 5.45. The molecule has 0 aliphatic heterocycles. The number of nitrogens with zero attached hydrogens (tertiary/aromatic N) is 1. The van der Waals surface area contributed by atoms with Crippen molar-refractivity contribution in [1.29, 1.82) is 0 Å². The number of benzene rings is 2. The number of hydrogen-bond donors (Lipinski definition) is 2. The number of carboxylic acid groups (broad SMARTS) is 1. The summed E-state index contributed by atoms with van der Waals surface area (Å²) in [6.45, 7) is 1.73. The Labute approximate surface area is 143 Å². The van der Waals surface area contributed by atoms with Crippen molar-refractivity contribution in [3.8, 4) is 0 Å². The molecule has 0 unspecified atom stereocenters. The lowest BCUT2D eigenvalue weighted by Crippen LogP contribution is -2.15. The van der Waals surface area contributed by atoms with Crippen LogP contribution >= 0.6 is 0 Å². The Morgan fingerprint density at radius 3 is 2.56 bits per heavy atom. The zero-order valence-corrected chi connectivity index (χ0v) is 13.6. The second-order valence-electron chi connectivity index (χ2n) is 5.34. The molecule has 0 atom stereocenters. The van der Waals surface area contributed by atoms with E-state index in [1.165, 1.54) is 37.4 Å². The van der Waals surface area contributed by atoms with E-state index in [1.54, 1.807) is 13.0 Å². The van der Waals surface area contributed by atoms with Gasteiger partial charge in [0.2, 0.25) is 0 Å². The van der Waals surface area contributed by atoms with Crippen LogP contribution in [0.5, 0.6) is 0 Å². The highest BCUT2D eigenvalue weighted by Gasteiger charge is 2.18. The number of hydrogen-bond acceptors (Lipinski definition) is 5. The fourth-order valence-corrected chi connectivity index (χ4v) is 2.31. The molecule has 2 rings (SSSR count). The van der Waals surface area contributed by atoms with Crippen LogP contribution in [0.15, 0.2) is 36.4 Å². The van der Waals surface area contributed by atoms with Gasteiger partial charge in [-0.05, 0) is 42.3 Å². The van der Waals surface area contributed by atoms with Gasteiger partial charge in [0.25, 0.3) is 11.6 Å². The van der Waals surface area contributed by atoms with Gasteiger partial charge in [-0.15, -0.1) is 0 Å². The van der Waals surface area contributed by atoms with Gasteiger partial charge in [0.15, 0.2) is 0 Å². The molecule has 0 aromatic heterocycles. The van der Waals surface area contributed by atoms with Gasteiger partial charge in [0.05, 0.1) is 17.1 Å². The minimum absolute atomic E-state index is 0.0213. The maximum Gasteiger partial charge on any atom is 0.336 e. The van der Waals surface area contributed by atoms with Crippen LogP contribution in [0.25, 0.3) is 0 Å². The van der Waals surface area contributed by atoms with Crippen molar-refractivity contribution in [2.75, 3.05) is 12.4 Å². The highest BCUT2D eigenvalue weighted by molar-refractivity contribution is 6.06. The van der Waals surface area contributed by atoms with Crippen LogP contribution < -0.4 is 5.32 Å². The summed E-state index contributed by atoms with van der Waals surface area (Å²) in [5, 5.41) is 22.8. The molecule has 0 aliphatic carbocycles. The fourth-order valence-electron chi connectivity index (χ4n) is 2.31. The first-order valence-corrected chi connectivity index (χ1v) is 7.25. The lowest BCUT2D eigenvalue weighted by atomic mass is 10.0. The summed E-state index contributed by atoms with van der Waals surface area (Å²) < 4.78 is 4.95. The average Bonchev–Trinajstić information content (AvgIpc) is 2.56. The van der Waals surface area contributed by atoms with Gasteiger partial charge >= 0.3 is 5.97 Å². The van der Waals surface area contributed by atoms with Crippen LogP contribution in [0, 0.1) is 17.0 Å². The minimum Gasteiger partial charge on any atom is -0.478 e. The Morgan fingerprint density at radius 2 is 1.96 bits per heavy atom. The molecule has 0 fully saturated rings. The largest absolute Gasteiger partial charge is 0.478 e. The summed E-state index contributed by atoms with van der Waals surface area (Å²) in [5.74, 6) is -1.71. The van der Waals surface area contributed by atoms with E-state index in [-0.39, 0.29) is 29.1 Å². The molecule has 130 valence electrons. The van der Waals surface area contributed by atoms with Gasteiger partial charge in [0.1, 0.15) is 5.69 Å². The molecule has 0 spiro atoms. The van der Waals surface area contributed by atoms with Crippen molar-refractivity contribution in [3.63, 3.8) is 0 Å². The number of carboxylic acids is 1. The van der Waals surface area contributed by atoms with Crippen LogP contribution in [0.1, 0.15) is 31.8 Å². The number of nitrogens with one attached hydrogen (secondary N) is 1. The molecule has 8 nitrogen and oxygen atoms in total. The van der Waals surface area contributed by atoms with Gasteiger partial charge in [0, 0.05) is 18.7 Å². The Bertz CT molecular complexity index is 847. The van der Waals surface area contributed by atoms with E-state index in [2.05, 4.69) is 5.32 Å². The number of nitro benzene ring substituents is 1. The third-order valence-electron chi connectivity index (χ3n) is 3.50. The van der Waals surface area contributed by atoms with Crippen molar-refractivity contribution >= 4 is 23.3 Å². The molecule has 0 heterocycles. The van der Waals surface area contributed by atoms with E-state index < -0.39 is 16.8 Å². The van der Waals surface area contributed by atoms with Gasteiger partial charge in [-0.3, -0.25) is 14.9 Å². The van der Waals surface area contributed by atoms with Crippen LogP contribution in [0.2, 0.25) is 0 Å². The van der Waals surface area contributed by atoms with Gasteiger partial charge in [-0.2, -0.15) is 0 Å². The maximum absolute atomic E-state index is 12.4. The van der Waals surface area contributed by atoms with Crippen molar-refractivity contribution in [3.05, 3.63) is 68.8 Å². The molecule has 2 N–H and O–H groups in total. The molecule has 25 heavy (non-hydrogen) atoms. The molecule has 1 amide bonds. The number of anilines is 1. The van der Waals surface area contributed by atoms with E-state index in [0.717, 1.165) is 0 Å². The number of ether oxygens (including phenoxy) is 1. The predicted molar refractivity (Wildman–Crippen MR) is 89.9 cm³/mol. The second-order valence-corrected chi connectivity index (χ2v) is 5.34. The van der Waals surface area contributed by atoms with Crippen molar-refractivity contribution in [1.82, 2.24) is 0 Å². The van der Waals surface area contributed by atoms with Crippen LogP contribution in [-0.4, -0.2) is 29.0 Å². The normalized spacial score (nSPS) is 10.3. The zero-order valence-electron chi connectivity index (χ0n) is 13.6. The van der Waals surface area contributed by atoms with E-state index >= 15 is 0 Å². The van der Waals surface area contributed by atoms with Crippen molar-refractivity contribution in [2.45, 2.75) is 13.5 Å². The van der Waals surface area contributed by atoms with E-state index in [0.29, 0.717) is 11.1 Å². The summed E-state index contributed by atoms with van der Waals surface area (Å²) in [4.78, 5) is 34.1. The molecular formula is C17H16N2O6. The SMILES string of the molecule is COCc1cc(C(=O)Nc2ccc(C)cc2[N+](=O)[O-])ccc1C(=O)O. The topological polar surface area (TPSA) is 119 Å². The number of carbonyl (C=O) groups excluding carboxylic acids is 1. The second kappa shape index (κ2) is 7.54.